The fourth-order valence-electron chi connectivity index (χ4n) is 4.57. The Balaban J connectivity index is 1.90. The number of esters is 2. The van der Waals surface area contributed by atoms with Crippen molar-refractivity contribution in [3.63, 3.8) is 0 Å². The fraction of sp³-hybridized carbons (Fsp3) is 0.486. The minimum atomic E-state index is -1.06. The number of carbonyl (C=O) groups is 2. The number of carbonyl (C=O) groups excluding carboxylic acids is 2. The van der Waals surface area contributed by atoms with Gasteiger partial charge in [-0.1, -0.05) is 48.2 Å². The van der Waals surface area contributed by atoms with Crippen LogP contribution in [0.5, 0.6) is 0 Å². The summed E-state index contributed by atoms with van der Waals surface area (Å²) < 4.78 is 24.6. The highest BCUT2D eigenvalue weighted by molar-refractivity contribution is 5.90. The SMILES string of the molecule is CC1(C)O[C@H]([C@@H](CC#CCCCCO)OC(=O)c2ccccc2)[C@@H]([C@@H](CC#CCCCCO)OC(=O)c2ccccc2)O1. The Bertz CT molecular complexity index is 1160. The van der Waals surface area contributed by atoms with Gasteiger partial charge in [0.25, 0.3) is 0 Å². The van der Waals surface area contributed by atoms with Crippen molar-refractivity contribution in [2.45, 2.75) is 95.4 Å². The molecule has 3 rings (SSSR count). The summed E-state index contributed by atoms with van der Waals surface area (Å²) in [5.41, 5.74) is 0.776. The molecule has 43 heavy (non-hydrogen) atoms. The van der Waals surface area contributed by atoms with E-state index in [1.807, 2.05) is 12.1 Å². The van der Waals surface area contributed by atoms with E-state index in [2.05, 4.69) is 23.7 Å². The second-order valence-corrected chi connectivity index (χ2v) is 10.7. The van der Waals surface area contributed by atoms with E-state index in [-0.39, 0.29) is 26.1 Å². The molecule has 230 valence electrons. The average Bonchev–Trinajstić information content (AvgIpc) is 3.35. The molecule has 0 amide bonds. The lowest BCUT2D eigenvalue weighted by Crippen LogP contribution is -2.45. The molecule has 0 spiro atoms. The van der Waals surface area contributed by atoms with Crippen molar-refractivity contribution in [3.8, 4) is 23.7 Å². The third-order valence-electron chi connectivity index (χ3n) is 6.71. The second-order valence-electron chi connectivity index (χ2n) is 10.7. The van der Waals surface area contributed by atoms with Gasteiger partial charge < -0.3 is 29.2 Å². The summed E-state index contributed by atoms with van der Waals surface area (Å²) >= 11 is 0. The van der Waals surface area contributed by atoms with Crippen molar-refractivity contribution in [2.75, 3.05) is 13.2 Å². The molecule has 1 fully saturated rings. The zero-order valence-corrected chi connectivity index (χ0v) is 25.0. The standard InChI is InChI=1S/C35H42O8/c1-35(2)42-31(29(23-15-5-3-7-17-25-36)40-33(38)27-19-11-9-12-20-27)32(43-35)30(24-16-6-4-8-18-26-37)41-34(39)28-21-13-10-14-22-28/h9-14,19-22,29-32,36-37H,3-4,7-8,17-18,23-26H2,1-2H3/t29-,30-,31-,32-/m1/s1. The number of hydrogen-bond acceptors (Lipinski definition) is 8. The monoisotopic (exact) mass is 590 g/mol. The molecule has 0 saturated carbocycles. The number of hydrogen-bond donors (Lipinski definition) is 2. The Hall–Kier alpha value is -3.66. The number of unbranched alkanes of at least 4 members (excludes halogenated alkanes) is 4. The van der Waals surface area contributed by atoms with Gasteiger partial charge in [0.05, 0.1) is 11.1 Å². The lowest BCUT2D eigenvalue weighted by atomic mass is 9.98. The lowest BCUT2D eigenvalue weighted by molar-refractivity contribution is -0.160. The van der Waals surface area contributed by atoms with Crippen molar-refractivity contribution in [1.82, 2.24) is 0 Å². The minimum absolute atomic E-state index is 0.108. The highest BCUT2D eigenvalue weighted by Gasteiger charge is 2.50. The van der Waals surface area contributed by atoms with E-state index in [1.54, 1.807) is 62.4 Å². The summed E-state index contributed by atoms with van der Waals surface area (Å²) in [5.74, 6) is 10.3. The van der Waals surface area contributed by atoms with Crippen LogP contribution in [0, 0.1) is 23.7 Å². The Morgan fingerprint density at radius 2 is 1.09 bits per heavy atom. The first-order valence-corrected chi connectivity index (χ1v) is 14.9. The molecular weight excluding hydrogens is 548 g/mol. The van der Waals surface area contributed by atoms with Crippen LogP contribution in [0.3, 0.4) is 0 Å². The van der Waals surface area contributed by atoms with E-state index in [4.69, 9.17) is 29.2 Å². The Morgan fingerprint density at radius 1 is 0.698 bits per heavy atom. The molecule has 1 heterocycles. The molecule has 0 radical (unpaired) electrons. The smallest absolute Gasteiger partial charge is 0.338 e. The van der Waals surface area contributed by atoms with E-state index in [9.17, 15) is 9.59 Å². The largest absolute Gasteiger partial charge is 0.455 e. The predicted molar refractivity (Wildman–Crippen MR) is 162 cm³/mol. The molecule has 1 aliphatic rings. The summed E-state index contributed by atoms with van der Waals surface area (Å²) in [6, 6.07) is 17.3. The molecule has 0 unspecified atom stereocenters. The van der Waals surface area contributed by atoms with E-state index in [1.165, 1.54) is 0 Å². The van der Waals surface area contributed by atoms with E-state index >= 15 is 0 Å². The summed E-state index contributed by atoms with van der Waals surface area (Å²) in [7, 11) is 0. The zero-order valence-electron chi connectivity index (χ0n) is 25.0. The molecule has 0 aromatic heterocycles. The fourth-order valence-corrected chi connectivity index (χ4v) is 4.57. The van der Waals surface area contributed by atoms with Crippen molar-refractivity contribution < 1.29 is 38.7 Å². The van der Waals surface area contributed by atoms with Gasteiger partial charge in [-0.25, -0.2) is 9.59 Å². The van der Waals surface area contributed by atoms with Gasteiger partial charge in [0.15, 0.2) is 5.79 Å². The minimum Gasteiger partial charge on any atom is -0.455 e. The van der Waals surface area contributed by atoms with Crippen molar-refractivity contribution >= 4 is 11.9 Å². The predicted octanol–water partition coefficient (Wildman–Crippen LogP) is 5.07. The second kappa shape index (κ2) is 18.1. The van der Waals surface area contributed by atoms with Crippen LogP contribution in [0.1, 0.15) is 85.9 Å². The van der Waals surface area contributed by atoms with E-state index < -0.39 is 42.1 Å². The van der Waals surface area contributed by atoms with Crippen LogP contribution in [0.4, 0.5) is 0 Å². The topological polar surface area (TPSA) is 112 Å². The molecule has 2 aromatic carbocycles. The van der Waals surface area contributed by atoms with Crippen molar-refractivity contribution in [2.24, 2.45) is 0 Å². The maximum Gasteiger partial charge on any atom is 0.338 e. The van der Waals surface area contributed by atoms with Crippen molar-refractivity contribution in [3.05, 3.63) is 71.8 Å². The zero-order chi connectivity index (χ0) is 30.9. The Morgan fingerprint density at radius 3 is 1.47 bits per heavy atom. The molecule has 8 nitrogen and oxygen atoms in total. The molecule has 4 atom stereocenters. The van der Waals surface area contributed by atoms with Gasteiger partial charge in [-0.3, -0.25) is 0 Å². The van der Waals surface area contributed by atoms with Crippen LogP contribution in [0.2, 0.25) is 0 Å². The summed E-state index contributed by atoms with van der Waals surface area (Å²) in [4.78, 5) is 26.3. The Labute approximate surface area is 254 Å². The summed E-state index contributed by atoms with van der Waals surface area (Å²) in [6.45, 7) is 3.73. The van der Waals surface area contributed by atoms with Gasteiger partial charge in [0.1, 0.15) is 24.4 Å². The quantitative estimate of drug-likeness (QED) is 0.178. The summed E-state index contributed by atoms with van der Waals surface area (Å²) in [6.07, 6.45) is 1.09. The third-order valence-corrected chi connectivity index (χ3v) is 6.71. The first kappa shape index (κ1) is 33.8. The maximum absolute atomic E-state index is 13.2. The summed E-state index contributed by atoms with van der Waals surface area (Å²) in [5, 5.41) is 18.1. The molecule has 0 aliphatic carbocycles. The molecule has 0 bridgehead atoms. The first-order chi connectivity index (χ1) is 20.8. The van der Waals surface area contributed by atoms with Gasteiger partial charge >= 0.3 is 11.9 Å². The van der Waals surface area contributed by atoms with Gasteiger partial charge in [-0.2, -0.15) is 0 Å². The highest BCUT2D eigenvalue weighted by Crippen LogP contribution is 2.36. The highest BCUT2D eigenvalue weighted by atomic mass is 16.8. The normalized spacial score (nSPS) is 18.3. The number of aliphatic hydroxyl groups is 2. The maximum atomic E-state index is 13.2. The van der Waals surface area contributed by atoms with Gasteiger partial charge in [0.2, 0.25) is 0 Å². The Kier molecular flexibility index (Phi) is 14.2. The van der Waals surface area contributed by atoms with Crippen LogP contribution in [-0.2, 0) is 18.9 Å². The van der Waals surface area contributed by atoms with E-state index in [0.29, 0.717) is 36.8 Å². The van der Waals surface area contributed by atoms with Gasteiger partial charge in [0, 0.05) is 38.9 Å². The van der Waals surface area contributed by atoms with Crippen molar-refractivity contribution in [1.29, 1.82) is 0 Å². The lowest BCUT2D eigenvalue weighted by Gasteiger charge is -2.29. The number of ether oxygens (including phenoxy) is 4. The van der Waals surface area contributed by atoms with Crippen LogP contribution in [0.25, 0.3) is 0 Å². The van der Waals surface area contributed by atoms with Gasteiger partial charge in [-0.15, -0.1) is 11.8 Å². The van der Waals surface area contributed by atoms with Crippen LogP contribution < -0.4 is 0 Å². The molecule has 2 aromatic rings. The molecular formula is C35H42O8. The molecule has 1 aliphatic heterocycles. The molecule has 2 N–H and O–H groups in total. The molecule has 8 heteroatoms. The number of benzene rings is 2. The average molecular weight is 591 g/mol. The number of rotatable bonds is 14. The van der Waals surface area contributed by atoms with Crippen LogP contribution >= 0.6 is 0 Å². The third kappa shape index (κ3) is 11.5. The van der Waals surface area contributed by atoms with Crippen LogP contribution in [-0.4, -0.2) is 65.6 Å². The van der Waals surface area contributed by atoms with Gasteiger partial charge in [-0.05, 0) is 63.8 Å². The number of aliphatic hydroxyl groups excluding tert-OH is 2. The first-order valence-electron chi connectivity index (χ1n) is 14.9. The van der Waals surface area contributed by atoms with Crippen LogP contribution in [0.15, 0.2) is 60.7 Å². The van der Waals surface area contributed by atoms with E-state index in [0.717, 1.165) is 12.8 Å². The molecule has 1 saturated heterocycles.